The number of fused-ring (bicyclic) bond motifs is 1. The molecule has 0 fully saturated rings. The normalized spacial score (nSPS) is 13.2. The average Bonchev–Trinajstić information content (AvgIpc) is 2.98. The van der Waals surface area contributed by atoms with Crippen molar-refractivity contribution >= 4 is 38.8 Å². The highest BCUT2D eigenvalue weighted by Gasteiger charge is 2.47. The number of alkyl halides is 24. The Labute approximate surface area is 453 Å². The summed E-state index contributed by atoms with van der Waals surface area (Å²) in [5.74, 6) is 1.78. The lowest BCUT2D eigenvalue weighted by atomic mass is 9.12. The average molecular weight is 1200 g/mol. The molecule has 0 aliphatic heterocycles. The lowest BCUT2D eigenvalue weighted by Crippen LogP contribution is -2.75. The maximum atomic E-state index is 14.2. The van der Waals surface area contributed by atoms with Crippen LogP contribution in [0.15, 0.2) is 158 Å². The van der Waals surface area contributed by atoms with Crippen LogP contribution in [0.3, 0.4) is 0 Å². The number of pyridine rings is 1. The van der Waals surface area contributed by atoms with Crippen LogP contribution in [-0.2, 0) is 56.0 Å². The van der Waals surface area contributed by atoms with E-state index < -0.39 is 195 Å². The molecule has 0 radical (unpaired) electrons. The van der Waals surface area contributed by atoms with Crippen LogP contribution < -0.4 is 31.2 Å². The predicted octanol–water partition coefficient (Wildman–Crippen LogP) is 16.8. The molecule has 0 atom stereocenters. The molecule has 0 N–H and O–H groups in total. The molecule has 0 saturated heterocycles. The Balaban J connectivity index is 0.000000313. The summed E-state index contributed by atoms with van der Waals surface area (Å²) in [6.45, 7) is 4.99. The van der Waals surface area contributed by atoms with Crippen LogP contribution in [0.25, 0.3) is 10.8 Å². The highest BCUT2D eigenvalue weighted by atomic mass is 19.4. The van der Waals surface area contributed by atoms with E-state index in [9.17, 15) is 105 Å². The minimum absolute atomic E-state index is 0.691. The fraction of sp³-hybridized carbons (Fsp3) is 0.196. The van der Waals surface area contributed by atoms with E-state index in [4.69, 9.17) is 4.74 Å². The van der Waals surface area contributed by atoms with Crippen molar-refractivity contribution in [2.24, 2.45) is 0 Å². The van der Waals surface area contributed by atoms with Gasteiger partial charge in [0.1, 0.15) is 11.9 Å². The van der Waals surface area contributed by atoms with Gasteiger partial charge in [0.25, 0.3) is 0 Å². The molecule has 1 heterocycles. The van der Waals surface area contributed by atoms with Crippen molar-refractivity contribution < 1.29 is 115 Å². The van der Waals surface area contributed by atoms with E-state index in [0.29, 0.717) is 0 Å². The van der Waals surface area contributed by atoms with E-state index in [1.54, 1.807) is 0 Å². The number of halogens is 24. The molecule has 0 aliphatic rings. The second kappa shape index (κ2) is 22.0. The van der Waals surface area contributed by atoms with E-state index in [1.165, 1.54) is 22.1 Å². The largest absolute Gasteiger partial charge is 0.416 e. The van der Waals surface area contributed by atoms with E-state index in [2.05, 4.69) is 85.3 Å². The van der Waals surface area contributed by atoms with Crippen molar-refractivity contribution in [3.63, 3.8) is 0 Å². The molecule has 0 saturated carbocycles. The van der Waals surface area contributed by atoms with Crippen LogP contribution in [-0.4, -0.2) is 6.15 Å². The third kappa shape index (κ3) is 14.0. The molecule has 440 valence electrons. The zero-order chi connectivity index (χ0) is 61.8. The summed E-state index contributed by atoms with van der Waals surface area (Å²) in [6, 6.07) is 18.4. The molecular weight excluding hydrogens is 1170 g/mol. The first-order valence-corrected chi connectivity index (χ1v) is 23.5. The van der Waals surface area contributed by atoms with E-state index >= 15 is 0 Å². The molecule has 8 rings (SSSR count). The first-order valence-electron chi connectivity index (χ1n) is 23.5. The molecule has 0 spiro atoms. The zero-order valence-corrected chi connectivity index (χ0v) is 41.7. The second-order valence-electron chi connectivity index (χ2n) is 18.8. The predicted molar refractivity (Wildman–Crippen MR) is 256 cm³/mol. The van der Waals surface area contributed by atoms with E-state index in [-0.39, 0.29) is 0 Å². The van der Waals surface area contributed by atoms with Gasteiger partial charge in [-0.2, -0.15) is 132 Å². The monoisotopic (exact) mass is 1200 g/mol. The number of aromatic nitrogens is 1. The molecule has 0 amide bonds. The van der Waals surface area contributed by atoms with Crippen molar-refractivity contribution in [1.29, 1.82) is 0 Å². The van der Waals surface area contributed by atoms with Crippen molar-refractivity contribution in [2.45, 2.75) is 69.8 Å². The number of ether oxygens (including phenoxy) is 1. The Morgan fingerprint density at radius 2 is 0.663 bits per heavy atom. The molecule has 1 aromatic heterocycles. The smallest absolute Gasteiger partial charge is 0.404 e. The van der Waals surface area contributed by atoms with Crippen LogP contribution >= 0.6 is 0 Å². The maximum Gasteiger partial charge on any atom is 0.416 e. The fourth-order valence-electron chi connectivity index (χ4n) is 9.26. The number of hydrogen-bond donors (Lipinski definition) is 0. The van der Waals surface area contributed by atoms with Gasteiger partial charge < -0.3 is 4.74 Å². The number of hydrogen-bond acceptors (Lipinski definition) is 1. The molecule has 7 aromatic carbocycles. The van der Waals surface area contributed by atoms with Crippen LogP contribution in [0.5, 0.6) is 11.6 Å². The van der Waals surface area contributed by atoms with Gasteiger partial charge >= 0.3 is 55.3 Å². The van der Waals surface area contributed by atoms with Gasteiger partial charge in [0, 0.05) is 11.6 Å². The summed E-state index contributed by atoms with van der Waals surface area (Å²) in [5, 5.41) is 2.30. The summed E-state index contributed by atoms with van der Waals surface area (Å²) >= 11 is 0. The molecule has 0 aliphatic carbocycles. The van der Waals surface area contributed by atoms with Crippen LogP contribution in [0, 0.1) is 13.8 Å². The lowest BCUT2D eigenvalue weighted by molar-refractivity contribution is -0.691. The molecule has 0 unspecified atom stereocenters. The highest BCUT2D eigenvalue weighted by Crippen LogP contribution is 2.42. The molecule has 8 aromatic rings. The molecule has 27 heteroatoms. The molecular formula is C56H34BF24NO. The van der Waals surface area contributed by atoms with Crippen LogP contribution in [0.2, 0.25) is 0 Å². The Morgan fingerprint density at radius 3 is 0.988 bits per heavy atom. The fourth-order valence-corrected chi connectivity index (χ4v) is 9.26. The molecule has 2 nitrogen and oxygen atoms in total. The highest BCUT2D eigenvalue weighted by molar-refractivity contribution is 7.20. The first kappa shape index (κ1) is 62.7. The number of rotatable bonds is 8. The standard InChI is InChI=1S/C32H12BF24.C24H22NO/c34-25(35,36)13-1-14(26(37,38)39)6-21(5-13)33(22-7-15(27(40,41)42)2-16(8-22)28(43,44)45,23-9-17(29(46,47)48)3-18(10-23)30(49,50)51)24-11-19(31(52,53)54)4-20(12-24)32(55,56)57;1-18-9-8-14-23(19(18)2)26-24-22-13-7-6-12-21(22)15-16-25(24)17-20-10-4-3-5-11-20/h1-12H;3-16H,17H2,1-2H3/q-1;+1. The third-order valence-electron chi connectivity index (χ3n) is 13.3. The summed E-state index contributed by atoms with van der Waals surface area (Å²) in [4.78, 5) is 0. The SMILES string of the molecule is Cc1cccc(Oc2c3ccccc3cc[n+]2Cc2ccccc2)c1C.FC(F)(F)c1cc([B-](c2cc(C(F)(F)F)cc(C(F)(F)F)c2)(c2cc(C(F)(F)F)cc(C(F)(F)F)c2)c2cc(C(F)(F)F)cc(C(F)(F)F)c2)cc(C(F)(F)F)c1. The first-order chi connectivity index (χ1) is 38.0. The zero-order valence-electron chi connectivity index (χ0n) is 41.7. The topological polar surface area (TPSA) is 13.1 Å². The van der Waals surface area contributed by atoms with Crippen molar-refractivity contribution in [3.05, 3.63) is 219 Å². The van der Waals surface area contributed by atoms with Gasteiger partial charge in [-0.05, 0) is 66.8 Å². The Bertz CT molecular complexity index is 3220. The van der Waals surface area contributed by atoms with Crippen molar-refractivity contribution in [1.82, 2.24) is 0 Å². The van der Waals surface area contributed by atoms with Gasteiger partial charge in [-0.15, -0.1) is 0 Å². The summed E-state index contributed by atoms with van der Waals surface area (Å²) in [6.07, 6.45) is -52.7. The minimum atomic E-state index is -6.13. The summed E-state index contributed by atoms with van der Waals surface area (Å²) < 4.78 is 349. The molecule has 0 bridgehead atoms. The van der Waals surface area contributed by atoms with Gasteiger partial charge in [0.15, 0.2) is 12.7 Å². The van der Waals surface area contributed by atoms with Gasteiger partial charge in [0.05, 0.1) is 49.9 Å². The van der Waals surface area contributed by atoms with Crippen LogP contribution in [0.1, 0.15) is 61.2 Å². The van der Waals surface area contributed by atoms with Crippen LogP contribution in [0.4, 0.5) is 105 Å². The number of nitrogens with zero attached hydrogens (tertiary/aromatic N) is 1. The number of aryl methyl sites for hydroxylation is 1. The van der Waals surface area contributed by atoms with Crippen molar-refractivity contribution in [3.8, 4) is 11.6 Å². The quantitative estimate of drug-likeness (QED) is 0.0840. The summed E-state index contributed by atoms with van der Waals surface area (Å²) in [7, 11) is 0. The Kier molecular flexibility index (Phi) is 16.7. The van der Waals surface area contributed by atoms with Gasteiger partial charge in [0.2, 0.25) is 0 Å². The summed E-state index contributed by atoms with van der Waals surface area (Å²) in [5.41, 5.74) is -26.5. The molecule has 83 heavy (non-hydrogen) atoms. The van der Waals surface area contributed by atoms with E-state index in [1.807, 2.05) is 18.2 Å². The second-order valence-corrected chi connectivity index (χ2v) is 18.8. The number of benzene rings is 7. The maximum absolute atomic E-state index is 14.2. The van der Waals surface area contributed by atoms with E-state index in [0.717, 1.165) is 23.6 Å². The Morgan fingerprint density at radius 1 is 0.349 bits per heavy atom. The van der Waals surface area contributed by atoms with Crippen molar-refractivity contribution in [2.75, 3.05) is 0 Å². The minimum Gasteiger partial charge on any atom is -0.404 e. The van der Waals surface area contributed by atoms with Gasteiger partial charge in [-0.1, -0.05) is 109 Å². The van der Waals surface area contributed by atoms with Gasteiger partial charge in [-0.25, -0.2) is 0 Å². The third-order valence-corrected chi connectivity index (χ3v) is 13.3. The van der Waals surface area contributed by atoms with Gasteiger partial charge in [-0.3, -0.25) is 0 Å². The Hall–Kier alpha value is -7.87. The lowest BCUT2D eigenvalue weighted by Gasteiger charge is -2.46.